The molecule has 26 heavy (non-hydrogen) atoms. The molecule has 1 aliphatic carbocycles. The molecular weight excluding hydrogens is 349 g/mol. The molecule has 1 saturated carbocycles. The van der Waals surface area contributed by atoms with Crippen LogP contribution in [0.4, 0.5) is 10.1 Å². The largest absolute Gasteiger partial charge is 0.463 e. The molecule has 0 radical (unpaired) electrons. The second-order valence-corrected chi connectivity index (χ2v) is 7.28. The van der Waals surface area contributed by atoms with Crippen LogP contribution < -0.4 is 4.80 Å². The van der Waals surface area contributed by atoms with E-state index in [1.807, 2.05) is 28.4 Å². The van der Waals surface area contributed by atoms with Crippen molar-refractivity contribution in [2.24, 2.45) is 16.0 Å². The first kappa shape index (κ1) is 17.0. The summed E-state index contributed by atoms with van der Waals surface area (Å²) in [7, 11) is 0. The first-order valence-corrected chi connectivity index (χ1v) is 9.77. The predicted octanol–water partition coefficient (Wildman–Crippen LogP) is 5.60. The number of rotatable bonds is 4. The van der Waals surface area contributed by atoms with Gasteiger partial charge in [-0.15, -0.1) is 11.3 Å². The van der Waals surface area contributed by atoms with Crippen molar-refractivity contribution in [3.05, 3.63) is 58.7 Å². The van der Waals surface area contributed by atoms with Crippen molar-refractivity contribution in [2.45, 2.75) is 32.1 Å². The third kappa shape index (κ3) is 3.85. The Balaban J connectivity index is 1.74. The van der Waals surface area contributed by atoms with Gasteiger partial charge in [0, 0.05) is 11.6 Å². The number of thiazole rings is 1. The fourth-order valence-corrected chi connectivity index (χ4v) is 3.99. The van der Waals surface area contributed by atoms with Crippen LogP contribution in [-0.2, 0) is 0 Å². The molecule has 0 bridgehead atoms. The van der Waals surface area contributed by atoms with Crippen LogP contribution in [0.3, 0.4) is 0 Å². The molecule has 1 fully saturated rings. The molecule has 4 rings (SSSR count). The van der Waals surface area contributed by atoms with E-state index in [2.05, 4.69) is 4.99 Å². The highest BCUT2D eigenvalue weighted by Crippen LogP contribution is 2.24. The minimum atomic E-state index is -0.269. The molecule has 0 saturated heterocycles. The van der Waals surface area contributed by atoms with Gasteiger partial charge in [0.1, 0.15) is 11.5 Å². The molecule has 0 unspecified atom stereocenters. The van der Waals surface area contributed by atoms with Crippen molar-refractivity contribution < 1.29 is 8.81 Å². The number of furan rings is 1. The standard InChI is InChI=1S/C20H20FN3OS/c21-16-8-10-17(11-9-16)23-20-24(22-13-15-5-2-1-3-6-15)18(14-26-20)19-7-4-12-25-19/h4,7-15H,1-3,5-6H2. The maximum absolute atomic E-state index is 13.1. The molecule has 0 amide bonds. The summed E-state index contributed by atoms with van der Waals surface area (Å²) >= 11 is 1.49. The van der Waals surface area contributed by atoms with Crippen molar-refractivity contribution in [1.29, 1.82) is 0 Å². The van der Waals surface area contributed by atoms with E-state index in [0.29, 0.717) is 11.6 Å². The molecular formula is C20H20FN3OS. The Morgan fingerprint density at radius 2 is 1.92 bits per heavy atom. The summed E-state index contributed by atoms with van der Waals surface area (Å²) in [6, 6.07) is 9.92. The van der Waals surface area contributed by atoms with Crippen LogP contribution in [0.1, 0.15) is 32.1 Å². The first-order chi connectivity index (χ1) is 12.8. The Labute approximate surface area is 155 Å². The summed E-state index contributed by atoms with van der Waals surface area (Å²) in [6.07, 6.45) is 9.93. The predicted molar refractivity (Wildman–Crippen MR) is 102 cm³/mol. The monoisotopic (exact) mass is 369 g/mol. The Hall–Kier alpha value is -2.47. The molecule has 0 atom stereocenters. The molecule has 1 aliphatic rings. The smallest absolute Gasteiger partial charge is 0.211 e. The number of aromatic nitrogens is 1. The zero-order chi connectivity index (χ0) is 17.8. The molecule has 0 spiro atoms. The fourth-order valence-electron chi connectivity index (χ4n) is 3.15. The molecule has 1 aromatic carbocycles. The Morgan fingerprint density at radius 3 is 2.65 bits per heavy atom. The van der Waals surface area contributed by atoms with Crippen molar-refractivity contribution in [3.8, 4) is 11.5 Å². The zero-order valence-corrected chi connectivity index (χ0v) is 15.2. The second-order valence-electron chi connectivity index (χ2n) is 6.44. The minimum absolute atomic E-state index is 0.269. The van der Waals surface area contributed by atoms with Crippen LogP contribution in [0.2, 0.25) is 0 Å². The van der Waals surface area contributed by atoms with Gasteiger partial charge < -0.3 is 4.42 Å². The Kier molecular flexibility index (Phi) is 5.11. The number of halogens is 1. The van der Waals surface area contributed by atoms with Crippen molar-refractivity contribution >= 4 is 23.2 Å². The van der Waals surface area contributed by atoms with E-state index in [9.17, 15) is 4.39 Å². The van der Waals surface area contributed by atoms with Crippen LogP contribution in [-0.4, -0.2) is 10.9 Å². The van der Waals surface area contributed by atoms with E-state index in [4.69, 9.17) is 9.52 Å². The van der Waals surface area contributed by atoms with Gasteiger partial charge in [-0.05, 0) is 55.2 Å². The van der Waals surface area contributed by atoms with E-state index in [1.165, 1.54) is 55.6 Å². The van der Waals surface area contributed by atoms with Gasteiger partial charge in [-0.3, -0.25) is 0 Å². The van der Waals surface area contributed by atoms with Gasteiger partial charge in [0.05, 0.1) is 12.0 Å². The van der Waals surface area contributed by atoms with E-state index in [0.717, 1.165) is 16.3 Å². The van der Waals surface area contributed by atoms with Crippen LogP contribution in [0.25, 0.3) is 11.5 Å². The quantitative estimate of drug-likeness (QED) is 0.552. The van der Waals surface area contributed by atoms with Crippen LogP contribution in [0.15, 0.2) is 62.6 Å². The molecule has 6 heteroatoms. The molecule has 2 heterocycles. The third-order valence-electron chi connectivity index (χ3n) is 4.55. The van der Waals surface area contributed by atoms with Gasteiger partial charge >= 0.3 is 0 Å². The summed E-state index contributed by atoms with van der Waals surface area (Å²) in [4.78, 5) is 5.37. The SMILES string of the molecule is Fc1ccc(N=c2scc(-c3ccco3)n2N=CC2CCCCC2)cc1. The van der Waals surface area contributed by atoms with E-state index in [-0.39, 0.29) is 5.82 Å². The molecule has 0 aliphatic heterocycles. The highest BCUT2D eigenvalue weighted by atomic mass is 32.1. The molecule has 134 valence electrons. The lowest BCUT2D eigenvalue weighted by Gasteiger charge is -2.16. The lowest BCUT2D eigenvalue weighted by atomic mass is 9.90. The van der Waals surface area contributed by atoms with Crippen molar-refractivity contribution in [3.63, 3.8) is 0 Å². The lowest BCUT2D eigenvalue weighted by molar-refractivity contribution is 0.443. The summed E-state index contributed by atoms with van der Waals surface area (Å²) in [5.41, 5.74) is 1.56. The summed E-state index contributed by atoms with van der Waals surface area (Å²) < 4.78 is 20.5. The number of nitrogens with zero attached hydrogens (tertiary/aromatic N) is 3. The molecule has 4 nitrogen and oxygen atoms in total. The number of benzene rings is 1. The van der Waals surface area contributed by atoms with Crippen LogP contribution >= 0.6 is 11.3 Å². The van der Waals surface area contributed by atoms with Crippen LogP contribution in [0.5, 0.6) is 0 Å². The highest BCUT2D eigenvalue weighted by molar-refractivity contribution is 7.07. The zero-order valence-electron chi connectivity index (χ0n) is 14.3. The topological polar surface area (TPSA) is 42.8 Å². The van der Waals surface area contributed by atoms with Gasteiger partial charge in [0.15, 0.2) is 5.76 Å². The number of hydrogen-bond acceptors (Lipinski definition) is 4. The summed E-state index contributed by atoms with van der Waals surface area (Å²) in [5, 5.41) is 6.72. The highest BCUT2D eigenvalue weighted by Gasteiger charge is 2.13. The van der Waals surface area contributed by atoms with Gasteiger partial charge in [0.2, 0.25) is 4.80 Å². The van der Waals surface area contributed by atoms with Gasteiger partial charge in [0.25, 0.3) is 0 Å². The van der Waals surface area contributed by atoms with Crippen LogP contribution in [0, 0.1) is 11.7 Å². The van der Waals surface area contributed by atoms with Crippen molar-refractivity contribution in [1.82, 2.24) is 4.68 Å². The average molecular weight is 369 g/mol. The molecule has 2 aromatic heterocycles. The van der Waals surface area contributed by atoms with Gasteiger partial charge in [-0.1, -0.05) is 19.3 Å². The average Bonchev–Trinajstić information content (AvgIpc) is 3.32. The molecule has 3 aromatic rings. The molecule has 0 N–H and O–H groups in total. The van der Waals surface area contributed by atoms with E-state index < -0.39 is 0 Å². The van der Waals surface area contributed by atoms with Gasteiger partial charge in [-0.25, -0.2) is 14.1 Å². The van der Waals surface area contributed by atoms with Crippen molar-refractivity contribution in [2.75, 3.05) is 0 Å². The van der Waals surface area contributed by atoms with Gasteiger partial charge in [-0.2, -0.15) is 5.10 Å². The number of hydrogen-bond donors (Lipinski definition) is 0. The normalized spacial score (nSPS) is 16.6. The maximum Gasteiger partial charge on any atom is 0.211 e. The summed E-state index contributed by atoms with van der Waals surface area (Å²) in [5.74, 6) is 0.997. The lowest BCUT2D eigenvalue weighted by Crippen LogP contribution is -2.14. The maximum atomic E-state index is 13.1. The Morgan fingerprint density at radius 1 is 1.12 bits per heavy atom. The Bertz CT molecular complexity index is 932. The fraction of sp³-hybridized carbons (Fsp3) is 0.300. The van der Waals surface area contributed by atoms with E-state index in [1.54, 1.807) is 18.4 Å². The first-order valence-electron chi connectivity index (χ1n) is 8.89. The second kappa shape index (κ2) is 7.83. The minimum Gasteiger partial charge on any atom is -0.463 e. The summed E-state index contributed by atoms with van der Waals surface area (Å²) in [6.45, 7) is 0. The third-order valence-corrected chi connectivity index (χ3v) is 5.37. The van der Waals surface area contributed by atoms with E-state index >= 15 is 0 Å².